The van der Waals surface area contributed by atoms with Gasteiger partial charge in [-0.1, -0.05) is 13.0 Å². The van der Waals surface area contributed by atoms with Crippen LogP contribution < -0.4 is 0 Å². The zero-order chi connectivity index (χ0) is 14.8. The van der Waals surface area contributed by atoms with Gasteiger partial charge in [0.1, 0.15) is 0 Å². The lowest BCUT2D eigenvalue weighted by Gasteiger charge is -2.42. The molecule has 1 amide bonds. The number of methoxy groups -OCH3 is 1. The second-order valence-corrected chi connectivity index (χ2v) is 6.01. The minimum atomic E-state index is -1.01. The normalized spacial score (nSPS) is 23.5. The highest BCUT2D eigenvalue weighted by atomic mass is 16.5. The summed E-state index contributed by atoms with van der Waals surface area (Å²) in [7, 11) is 1.32. The summed E-state index contributed by atoms with van der Waals surface area (Å²) >= 11 is 0. The van der Waals surface area contributed by atoms with Crippen molar-refractivity contribution < 1.29 is 19.4 Å². The molecule has 2 atom stereocenters. The molecule has 0 heterocycles. The van der Waals surface area contributed by atoms with Crippen LogP contribution >= 0.6 is 0 Å². The molecule has 5 nitrogen and oxygen atoms in total. The fourth-order valence-electron chi connectivity index (χ4n) is 2.56. The van der Waals surface area contributed by atoms with E-state index in [1.165, 1.54) is 12.0 Å². The smallest absolute Gasteiger partial charge is 0.408 e. The number of rotatable bonds is 2. The Morgan fingerprint density at radius 1 is 1.37 bits per heavy atom. The van der Waals surface area contributed by atoms with E-state index >= 15 is 0 Å². The minimum Gasteiger partial charge on any atom is -0.466 e. The largest absolute Gasteiger partial charge is 0.466 e. The molecule has 19 heavy (non-hydrogen) atoms. The molecule has 0 aromatic rings. The number of hydrogen-bond acceptors (Lipinski definition) is 3. The molecule has 0 saturated carbocycles. The van der Waals surface area contributed by atoms with Gasteiger partial charge in [0.2, 0.25) is 0 Å². The number of hydrogen-bond donors (Lipinski definition) is 1. The molecule has 1 aliphatic carbocycles. The lowest BCUT2D eigenvalue weighted by atomic mass is 9.85. The van der Waals surface area contributed by atoms with Crippen molar-refractivity contribution in [3.8, 4) is 0 Å². The first-order valence-corrected chi connectivity index (χ1v) is 6.50. The highest BCUT2D eigenvalue weighted by Gasteiger charge is 2.39. The van der Waals surface area contributed by atoms with Crippen LogP contribution in [0.4, 0.5) is 4.79 Å². The molecule has 5 heteroatoms. The van der Waals surface area contributed by atoms with Crippen molar-refractivity contribution in [3.05, 3.63) is 11.6 Å². The SMILES string of the molecule is COC(=O)C1=C[C@@H](C)CC[C@H]1N(C(=O)O)C(C)(C)C. The van der Waals surface area contributed by atoms with Gasteiger partial charge in [-0.3, -0.25) is 4.90 Å². The second kappa shape index (κ2) is 5.63. The van der Waals surface area contributed by atoms with Crippen molar-refractivity contribution in [2.75, 3.05) is 7.11 Å². The van der Waals surface area contributed by atoms with Gasteiger partial charge in [0.05, 0.1) is 18.7 Å². The summed E-state index contributed by atoms with van der Waals surface area (Å²) in [4.78, 5) is 24.7. The van der Waals surface area contributed by atoms with Crippen molar-refractivity contribution in [1.29, 1.82) is 0 Å². The maximum Gasteiger partial charge on any atom is 0.408 e. The molecule has 0 saturated heterocycles. The number of amides is 1. The van der Waals surface area contributed by atoms with Crippen molar-refractivity contribution in [2.24, 2.45) is 5.92 Å². The van der Waals surface area contributed by atoms with E-state index in [1.807, 2.05) is 33.8 Å². The zero-order valence-corrected chi connectivity index (χ0v) is 12.3. The quantitative estimate of drug-likeness (QED) is 0.783. The van der Waals surface area contributed by atoms with Crippen molar-refractivity contribution in [3.63, 3.8) is 0 Å². The molecule has 0 fully saturated rings. The van der Waals surface area contributed by atoms with E-state index in [2.05, 4.69) is 0 Å². The summed E-state index contributed by atoms with van der Waals surface area (Å²) < 4.78 is 4.78. The third-order valence-corrected chi connectivity index (χ3v) is 3.38. The van der Waals surface area contributed by atoms with Crippen LogP contribution in [0, 0.1) is 5.92 Å². The third-order valence-electron chi connectivity index (χ3n) is 3.38. The number of carboxylic acid groups (broad SMARTS) is 1. The minimum absolute atomic E-state index is 0.265. The molecular weight excluding hydrogens is 246 g/mol. The van der Waals surface area contributed by atoms with Crippen LogP contribution in [0.5, 0.6) is 0 Å². The van der Waals surface area contributed by atoms with Crippen molar-refractivity contribution in [1.82, 2.24) is 4.90 Å². The molecule has 0 aliphatic heterocycles. The maximum absolute atomic E-state index is 11.9. The Bertz CT molecular complexity index is 395. The summed E-state index contributed by atoms with van der Waals surface area (Å²) in [5, 5.41) is 9.45. The third kappa shape index (κ3) is 3.49. The summed E-state index contributed by atoms with van der Waals surface area (Å²) in [5.74, 6) is -0.173. The van der Waals surface area contributed by atoms with Crippen LogP contribution in [0.15, 0.2) is 11.6 Å². The Balaban J connectivity index is 3.17. The fraction of sp³-hybridized carbons (Fsp3) is 0.714. The van der Waals surface area contributed by atoms with Gasteiger partial charge >= 0.3 is 12.1 Å². The first-order valence-electron chi connectivity index (χ1n) is 6.50. The van der Waals surface area contributed by atoms with Crippen LogP contribution in [0.3, 0.4) is 0 Å². The van der Waals surface area contributed by atoms with Crippen LogP contribution in [0.1, 0.15) is 40.5 Å². The predicted molar refractivity (Wildman–Crippen MR) is 71.9 cm³/mol. The number of esters is 1. The van der Waals surface area contributed by atoms with E-state index < -0.39 is 23.6 Å². The molecule has 0 aromatic carbocycles. The highest BCUT2D eigenvalue weighted by molar-refractivity contribution is 5.90. The Hall–Kier alpha value is -1.52. The van der Waals surface area contributed by atoms with E-state index in [4.69, 9.17) is 4.74 Å². The van der Waals surface area contributed by atoms with E-state index in [-0.39, 0.29) is 5.92 Å². The molecule has 1 aliphatic rings. The second-order valence-electron chi connectivity index (χ2n) is 6.01. The van der Waals surface area contributed by atoms with Gasteiger partial charge in [-0.15, -0.1) is 0 Å². The van der Waals surface area contributed by atoms with Gasteiger partial charge in [-0.25, -0.2) is 9.59 Å². The van der Waals surface area contributed by atoms with E-state index in [0.717, 1.165) is 6.42 Å². The topological polar surface area (TPSA) is 66.8 Å². The van der Waals surface area contributed by atoms with E-state index in [1.54, 1.807) is 0 Å². The van der Waals surface area contributed by atoms with E-state index in [0.29, 0.717) is 12.0 Å². The number of nitrogens with zero attached hydrogens (tertiary/aromatic N) is 1. The maximum atomic E-state index is 11.9. The molecule has 1 N–H and O–H groups in total. The first kappa shape index (κ1) is 15.5. The van der Waals surface area contributed by atoms with Gasteiger partial charge in [0.25, 0.3) is 0 Å². The van der Waals surface area contributed by atoms with Crippen molar-refractivity contribution in [2.45, 2.75) is 52.1 Å². The number of ether oxygens (including phenoxy) is 1. The molecular formula is C14H23NO4. The summed E-state index contributed by atoms with van der Waals surface area (Å²) in [5.41, 5.74) is -0.108. The summed E-state index contributed by atoms with van der Waals surface area (Å²) in [6, 6.07) is -0.429. The highest BCUT2D eigenvalue weighted by Crippen LogP contribution is 2.31. The molecule has 0 radical (unpaired) electrons. The van der Waals surface area contributed by atoms with E-state index in [9.17, 15) is 14.7 Å². The molecule has 1 rings (SSSR count). The Labute approximate surface area is 114 Å². The van der Waals surface area contributed by atoms with Gasteiger partial charge < -0.3 is 9.84 Å². The number of carbonyl (C=O) groups is 2. The molecule has 0 aromatic heterocycles. The average Bonchev–Trinajstić information content (AvgIpc) is 2.28. The Morgan fingerprint density at radius 2 is 1.95 bits per heavy atom. The zero-order valence-electron chi connectivity index (χ0n) is 12.3. The average molecular weight is 269 g/mol. The van der Waals surface area contributed by atoms with Gasteiger partial charge in [-0.2, -0.15) is 0 Å². The number of carbonyl (C=O) groups excluding carboxylic acids is 1. The Kier molecular flexibility index (Phi) is 4.61. The van der Waals surface area contributed by atoms with Gasteiger partial charge in [0.15, 0.2) is 0 Å². The standard InChI is InChI=1S/C14H23NO4/c1-9-6-7-11(10(8-9)12(16)19-5)15(13(17)18)14(2,3)4/h8-9,11H,6-7H2,1-5H3,(H,17,18)/t9-,11+/m0/s1. The van der Waals surface area contributed by atoms with Crippen molar-refractivity contribution >= 4 is 12.1 Å². The summed E-state index contributed by atoms with van der Waals surface area (Å²) in [6.45, 7) is 7.50. The number of allylic oxidation sites excluding steroid dienone is 1. The fourth-order valence-corrected chi connectivity index (χ4v) is 2.56. The summed E-state index contributed by atoms with van der Waals surface area (Å²) in [6.07, 6.45) is 2.33. The van der Waals surface area contributed by atoms with Crippen LogP contribution in [-0.2, 0) is 9.53 Å². The molecule has 0 spiro atoms. The van der Waals surface area contributed by atoms with Crippen LogP contribution in [-0.4, -0.2) is 40.8 Å². The lowest BCUT2D eigenvalue weighted by molar-refractivity contribution is -0.137. The van der Waals surface area contributed by atoms with Gasteiger partial charge in [-0.05, 0) is 39.5 Å². The first-order chi connectivity index (χ1) is 8.68. The van der Waals surface area contributed by atoms with Crippen LogP contribution in [0.2, 0.25) is 0 Å². The monoisotopic (exact) mass is 269 g/mol. The molecule has 0 unspecified atom stereocenters. The predicted octanol–water partition coefficient (Wildman–Crippen LogP) is 2.66. The molecule has 108 valence electrons. The Morgan fingerprint density at radius 3 is 2.37 bits per heavy atom. The van der Waals surface area contributed by atoms with Gasteiger partial charge in [0, 0.05) is 5.54 Å². The van der Waals surface area contributed by atoms with Crippen LogP contribution in [0.25, 0.3) is 0 Å². The molecule has 0 bridgehead atoms. The lowest BCUT2D eigenvalue weighted by Crippen LogP contribution is -2.53.